The van der Waals surface area contributed by atoms with E-state index < -0.39 is 6.03 Å². The molecule has 0 aliphatic heterocycles. The maximum atomic E-state index is 12.0. The molecule has 0 atom stereocenters. The third-order valence-corrected chi connectivity index (χ3v) is 4.30. The van der Waals surface area contributed by atoms with Crippen LogP contribution < -0.4 is 10.6 Å². The lowest BCUT2D eigenvalue weighted by Crippen LogP contribution is -2.29. The summed E-state index contributed by atoms with van der Waals surface area (Å²) in [5.74, 6) is 0.423. The highest BCUT2D eigenvalue weighted by Gasteiger charge is 2.17. The van der Waals surface area contributed by atoms with Crippen molar-refractivity contribution < 1.29 is 4.79 Å². The topological polar surface area (TPSA) is 111 Å². The highest BCUT2D eigenvalue weighted by atomic mass is 35.5. The molecular weight excluding hydrogens is 376 g/mol. The number of anilines is 1. The summed E-state index contributed by atoms with van der Waals surface area (Å²) in [4.78, 5) is 13.5. The van der Waals surface area contributed by atoms with Crippen LogP contribution >= 0.6 is 22.9 Å². The molecule has 1 aromatic carbocycles. The number of amides is 2. The SMILES string of the molecule is CC(C)(C)n1nnc(CNC(=O)Nc2nnc(-c3cccc(Cl)c3)s2)n1. The van der Waals surface area contributed by atoms with Gasteiger partial charge in [0.15, 0.2) is 5.82 Å². The van der Waals surface area contributed by atoms with Gasteiger partial charge in [-0.1, -0.05) is 35.1 Å². The second kappa shape index (κ2) is 7.34. The maximum absolute atomic E-state index is 12.0. The molecule has 11 heteroatoms. The quantitative estimate of drug-likeness (QED) is 0.706. The number of hydrogen-bond donors (Lipinski definition) is 2. The largest absolute Gasteiger partial charge is 0.330 e. The van der Waals surface area contributed by atoms with Crippen LogP contribution in [0.3, 0.4) is 0 Å². The minimum Gasteiger partial charge on any atom is -0.330 e. The van der Waals surface area contributed by atoms with Crippen molar-refractivity contribution in [1.29, 1.82) is 0 Å². The number of nitrogens with zero attached hydrogens (tertiary/aromatic N) is 6. The summed E-state index contributed by atoms with van der Waals surface area (Å²) in [5, 5.41) is 27.1. The van der Waals surface area contributed by atoms with Crippen molar-refractivity contribution in [2.24, 2.45) is 0 Å². The molecule has 0 saturated carbocycles. The molecule has 0 bridgehead atoms. The summed E-state index contributed by atoms with van der Waals surface area (Å²) in [6.45, 7) is 6.05. The Balaban J connectivity index is 1.56. The van der Waals surface area contributed by atoms with Crippen molar-refractivity contribution in [3.63, 3.8) is 0 Å². The minimum atomic E-state index is -0.425. The van der Waals surface area contributed by atoms with E-state index in [0.29, 0.717) is 21.0 Å². The highest BCUT2D eigenvalue weighted by molar-refractivity contribution is 7.18. The number of nitrogens with one attached hydrogen (secondary N) is 2. The van der Waals surface area contributed by atoms with Crippen LogP contribution in [0, 0.1) is 0 Å². The van der Waals surface area contributed by atoms with Gasteiger partial charge in [-0.3, -0.25) is 5.32 Å². The zero-order valence-corrected chi connectivity index (χ0v) is 16.0. The van der Waals surface area contributed by atoms with E-state index in [4.69, 9.17) is 11.6 Å². The standard InChI is InChI=1S/C15H17ClN8OS/c1-15(2,3)24-22-11(19-23-24)8-17-13(25)18-14-21-20-12(26-14)9-5-4-6-10(16)7-9/h4-7H,8H2,1-3H3,(H2,17,18,21,25). The molecule has 136 valence electrons. The Morgan fingerprint density at radius 1 is 1.27 bits per heavy atom. The summed E-state index contributed by atoms with van der Waals surface area (Å²) in [7, 11) is 0. The second-order valence-corrected chi connectivity index (χ2v) is 7.81. The van der Waals surface area contributed by atoms with Gasteiger partial charge in [-0.15, -0.1) is 20.4 Å². The monoisotopic (exact) mass is 392 g/mol. The summed E-state index contributed by atoms with van der Waals surface area (Å²) in [6.07, 6.45) is 0. The summed E-state index contributed by atoms with van der Waals surface area (Å²) in [5.41, 5.74) is 0.572. The van der Waals surface area contributed by atoms with Gasteiger partial charge in [-0.05, 0) is 38.1 Å². The zero-order chi connectivity index (χ0) is 18.7. The van der Waals surface area contributed by atoms with E-state index in [2.05, 4.69) is 36.2 Å². The normalized spacial score (nSPS) is 11.4. The molecule has 9 nitrogen and oxygen atoms in total. The van der Waals surface area contributed by atoms with Gasteiger partial charge in [0.1, 0.15) is 5.01 Å². The van der Waals surface area contributed by atoms with E-state index in [1.54, 1.807) is 12.1 Å². The Labute approximate surface area is 158 Å². The first-order valence-corrected chi connectivity index (χ1v) is 8.94. The molecular formula is C15H17ClN8OS. The number of aromatic nitrogens is 6. The van der Waals surface area contributed by atoms with Gasteiger partial charge in [-0.2, -0.15) is 4.80 Å². The van der Waals surface area contributed by atoms with E-state index in [1.165, 1.54) is 16.1 Å². The molecule has 0 radical (unpaired) electrons. The van der Waals surface area contributed by atoms with Crippen molar-refractivity contribution in [2.75, 3.05) is 5.32 Å². The molecule has 0 aliphatic rings. The lowest BCUT2D eigenvalue weighted by atomic mass is 10.1. The van der Waals surface area contributed by atoms with Gasteiger partial charge in [0.25, 0.3) is 0 Å². The average Bonchev–Trinajstić information content (AvgIpc) is 3.22. The summed E-state index contributed by atoms with van der Waals surface area (Å²) in [6, 6.07) is 6.85. The van der Waals surface area contributed by atoms with Gasteiger partial charge < -0.3 is 5.32 Å². The molecule has 0 unspecified atom stereocenters. The van der Waals surface area contributed by atoms with Gasteiger partial charge in [-0.25, -0.2) is 4.79 Å². The van der Waals surface area contributed by atoms with Crippen molar-refractivity contribution in [1.82, 2.24) is 35.7 Å². The molecule has 0 aliphatic carbocycles. The number of halogens is 1. The molecule has 2 heterocycles. The average molecular weight is 393 g/mol. The molecule has 3 aromatic rings. The number of benzene rings is 1. The van der Waals surface area contributed by atoms with E-state index >= 15 is 0 Å². The van der Waals surface area contributed by atoms with Crippen molar-refractivity contribution in [3.05, 3.63) is 35.1 Å². The Bertz CT molecular complexity index is 916. The molecule has 0 spiro atoms. The molecule has 2 amide bonds. The zero-order valence-electron chi connectivity index (χ0n) is 14.4. The van der Waals surface area contributed by atoms with Crippen LogP contribution in [0.4, 0.5) is 9.93 Å². The van der Waals surface area contributed by atoms with Crippen LogP contribution in [0.2, 0.25) is 5.02 Å². The number of hydrogen-bond acceptors (Lipinski definition) is 7. The fourth-order valence-electron chi connectivity index (χ4n) is 1.91. The van der Waals surface area contributed by atoms with Crippen LogP contribution in [-0.2, 0) is 12.1 Å². The third kappa shape index (κ3) is 4.52. The number of carbonyl (C=O) groups is 1. The number of carbonyl (C=O) groups excluding carboxylic acids is 1. The Hall–Kier alpha value is -2.59. The van der Waals surface area contributed by atoms with Gasteiger partial charge >= 0.3 is 6.03 Å². The molecule has 0 saturated heterocycles. The van der Waals surface area contributed by atoms with Crippen LogP contribution in [0.25, 0.3) is 10.6 Å². The molecule has 0 fully saturated rings. The van der Waals surface area contributed by atoms with E-state index in [0.717, 1.165) is 5.56 Å². The van der Waals surface area contributed by atoms with Crippen LogP contribution in [-0.4, -0.2) is 36.4 Å². The third-order valence-electron chi connectivity index (χ3n) is 3.18. The number of urea groups is 1. The number of rotatable bonds is 4. The van der Waals surface area contributed by atoms with Crippen LogP contribution in [0.5, 0.6) is 0 Å². The lowest BCUT2D eigenvalue weighted by molar-refractivity contribution is 0.251. The Morgan fingerprint density at radius 3 is 2.77 bits per heavy atom. The van der Waals surface area contributed by atoms with Gasteiger partial charge in [0.2, 0.25) is 5.13 Å². The Morgan fingerprint density at radius 2 is 2.08 bits per heavy atom. The fraction of sp³-hybridized carbons (Fsp3) is 0.333. The van der Waals surface area contributed by atoms with Gasteiger partial charge in [0.05, 0.1) is 12.1 Å². The first kappa shape index (κ1) is 18.2. The highest BCUT2D eigenvalue weighted by Crippen LogP contribution is 2.27. The fourth-order valence-corrected chi connectivity index (χ4v) is 2.84. The van der Waals surface area contributed by atoms with Crippen molar-refractivity contribution >= 4 is 34.1 Å². The smallest absolute Gasteiger partial charge is 0.321 e. The van der Waals surface area contributed by atoms with Crippen LogP contribution in [0.15, 0.2) is 24.3 Å². The van der Waals surface area contributed by atoms with E-state index in [9.17, 15) is 4.79 Å². The molecule has 2 aromatic heterocycles. The van der Waals surface area contributed by atoms with Gasteiger partial charge in [0, 0.05) is 10.6 Å². The van der Waals surface area contributed by atoms with E-state index in [-0.39, 0.29) is 12.1 Å². The molecule has 3 rings (SSSR count). The van der Waals surface area contributed by atoms with E-state index in [1.807, 2.05) is 32.9 Å². The maximum Gasteiger partial charge on any atom is 0.321 e. The number of tetrazole rings is 1. The van der Waals surface area contributed by atoms with Crippen molar-refractivity contribution in [3.8, 4) is 10.6 Å². The lowest BCUT2D eigenvalue weighted by Gasteiger charge is -2.15. The minimum absolute atomic E-state index is 0.155. The first-order valence-electron chi connectivity index (χ1n) is 7.75. The first-order chi connectivity index (χ1) is 12.3. The van der Waals surface area contributed by atoms with Crippen molar-refractivity contribution in [2.45, 2.75) is 32.9 Å². The molecule has 26 heavy (non-hydrogen) atoms. The summed E-state index contributed by atoms with van der Waals surface area (Å²) >= 11 is 7.22. The summed E-state index contributed by atoms with van der Waals surface area (Å²) < 4.78 is 0. The second-order valence-electron chi connectivity index (χ2n) is 6.40. The van der Waals surface area contributed by atoms with Crippen LogP contribution in [0.1, 0.15) is 26.6 Å². The predicted octanol–water partition coefficient (Wildman–Crippen LogP) is 2.92. The molecule has 2 N–H and O–H groups in total. The Kier molecular flexibility index (Phi) is 5.14. The predicted molar refractivity (Wildman–Crippen MR) is 99.0 cm³/mol.